The number of benzene rings is 2. The summed E-state index contributed by atoms with van der Waals surface area (Å²) in [7, 11) is -3.66. The summed E-state index contributed by atoms with van der Waals surface area (Å²) in [6, 6.07) is 14.6. The van der Waals surface area contributed by atoms with Crippen molar-refractivity contribution in [3.8, 4) is 11.5 Å². The molecule has 1 N–H and O–H groups in total. The van der Waals surface area contributed by atoms with Crippen molar-refractivity contribution in [2.45, 2.75) is 26.7 Å². The van der Waals surface area contributed by atoms with Gasteiger partial charge in [0.05, 0.1) is 25.2 Å². The lowest BCUT2D eigenvalue weighted by molar-refractivity contribution is -0.119. The van der Waals surface area contributed by atoms with Gasteiger partial charge in [-0.15, -0.1) is 0 Å². The Morgan fingerprint density at radius 3 is 2.23 bits per heavy atom. The van der Waals surface area contributed by atoms with Gasteiger partial charge in [0.15, 0.2) is 0 Å². The quantitative estimate of drug-likeness (QED) is 0.519. The van der Waals surface area contributed by atoms with E-state index < -0.39 is 10.0 Å². The van der Waals surface area contributed by atoms with E-state index in [2.05, 4.69) is 5.32 Å². The highest BCUT2D eigenvalue weighted by atomic mass is 32.2. The van der Waals surface area contributed by atoms with Gasteiger partial charge in [0.25, 0.3) is 0 Å². The molecule has 2 aromatic rings. The van der Waals surface area contributed by atoms with E-state index in [0.29, 0.717) is 37.6 Å². The number of hydrogen-bond donors (Lipinski definition) is 1. The van der Waals surface area contributed by atoms with Crippen LogP contribution in [0.1, 0.15) is 25.8 Å². The summed E-state index contributed by atoms with van der Waals surface area (Å²) >= 11 is 0. The molecule has 7 nitrogen and oxygen atoms in total. The molecule has 1 amide bonds. The molecule has 0 aromatic heterocycles. The average molecular weight is 435 g/mol. The highest BCUT2D eigenvalue weighted by molar-refractivity contribution is 7.92. The Balaban J connectivity index is 1.96. The number of nitrogens with one attached hydrogen (secondary N) is 1. The van der Waals surface area contributed by atoms with Crippen molar-refractivity contribution in [3.63, 3.8) is 0 Å². The molecular formula is C22H30N2O5S. The number of carbonyl (C=O) groups excluding carboxylic acids is 1. The lowest BCUT2D eigenvalue weighted by Crippen LogP contribution is -2.40. The number of amides is 1. The number of aryl methyl sites for hydroxylation is 1. The van der Waals surface area contributed by atoms with Gasteiger partial charge in [-0.1, -0.05) is 30.3 Å². The number of nitrogens with zero attached hydrogens (tertiary/aromatic N) is 1. The van der Waals surface area contributed by atoms with Gasteiger partial charge in [-0.25, -0.2) is 8.42 Å². The molecule has 2 rings (SSSR count). The monoisotopic (exact) mass is 434 g/mol. The van der Waals surface area contributed by atoms with E-state index in [4.69, 9.17) is 9.47 Å². The highest BCUT2D eigenvalue weighted by Gasteiger charge is 2.23. The Hall–Kier alpha value is -2.74. The third-order valence-electron chi connectivity index (χ3n) is 4.34. The first-order chi connectivity index (χ1) is 14.4. The van der Waals surface area contributed by atoms with Crippen LogP contribution >= 0.6 is 0 Å². The van der Waals surface area contributed by atoms with Gasteiger partial charge in [-0.3, -0.25) is 9.10 Å². The topological polar surface area (TPSA) is 84.9 Å². The molecule has 2 aromatic carbocycles. The van der Waals surface area contributed by atoms with Crippen molar-refractivity contribution in [2.24, 2.45) is 0 Å². The molecule has 0 saturated heterocycles. The fourth-order valence-corrected chi connectivity index (χ4v) is 3.88. The normalized spacial score (nSPS) is 11.0. The van der Waals surface area contributed by atoms with Crippen molar-refractivity contribution in [2.75, 3.05) is 36.9 Å². The summed E-state index contributed by atoms with van der Waals surface area (Å²) < 4.78 is 36.8. The van der Waals surface area contributed by atoms with Gasteiger partial charge in [0, 0.05) is 6.54 Å². The van der Waals surface area contributed by atoms with Gasteiger partial charge < -0.3 is 14.8 Å². The third kappa shape index (κ3) is 6.95. The van der Waals surface area contributed by atoms with Crippen molar-refractivity contribution in [3.05, 3.63) is 54.1 Å². The summed E-state index contributed by atoms with van der Waals surface area (Å²) in [5.41, 5.74) is 1.43. The zero-order chi connectivity index (χ0) is 22.0. The van der Waals surface area contributed by atoms with E-state index in [0.717, 1.165) is 28.3 Å². The minimum absolute atomic E-state index is 0.307. The SMILES string of the molecule is CCOc1ccccc1CCCNC(=O)CN(c1ccccc1OCC)S(C)(=O)=O. The first kappa shape index (κ1) is 23.5. The van der Waals surface area contributed by atoms with Crippen LogP contribution in [-0.2, 0) is 21.2 Å². The molecule has 8 heteroatoms. The van der Waals surface area contributed by atoms with E-state index >= 15 is 0 Å². The summed E-state index contributed by atoms with van der Waals surface area (Å²) in [6.07, 6.45) is 2.54. The van der Waals surface area contributed by atoms with Crippen LogP contribution in [0.3, 0.4) is 0 Å². The van der Waals surface area contributed by atoms with Gasteiger partial charge in [0.2, 0.25) is 15.9 Å². The number of sulfonamides is 1. The minimum atomic E-state index is -3.66. The maximum Gasteiger partial charge on any atom is 0.240 e. The Morgan fingerprint density at radius 1 is 0.967 bits per heavy atom. The van der Waals surface area contributed by atoms with Crippen LogP contribution < -0.4 is 19.1 Å². The molecule has 0 aliphatic heterocycles. The number of hydrogen-bond acceptors (Lipinski definition) is 5. The van der Waals surface area contributed by atoms with Crippen molar-refractivity contribution >= 4 is 21.6 Å². The molecule has 0 aliphatic rings. The van der Waals surface area contributed by atoms with E-state index in [-0.39, 0.29) is 12.5 Å². The molecule has 0 saturated carbocycles. The summed E-state index contributed by atoms with van der Waals surface area (Å²) in [4.78, 5) is 12.4. The molecule has 0 unspecified atom stereocenters. The molecular weight excluding hydrogens is 404 g/mol. The highest BCUT2D eigenvalue weighted by Crippen LogP contribution is 2.29. The van der Waals surface area contributed by atoms with Crippen LogP contribution in [0.25, 0.3) is 0 Å². The Kier molecular flexibility index (Phi) is 8.98. The number of carbonyl (C=O) groups is 1. The maximum absolute atomic E-state index is 12.4. The molecule has 0 aliphatic carbocycles. The summed E-state index contributed by atoms with van der Waals surface area (Å²) in [5.74, 6) is 0.901. The minimum Gasteiger partial charge on any atom is -0.494 e. The lowest BCUT2D eigenvalue weighted by Gasteiger charge is -2.24. The molecule has 0 heterocycles. The molecule has 0 spiro atoms. The lowest BCUT2D eigenvalue weighted by atomic mass is 10.1. The van der Waals surface area contributed by atoms with Crippen LogP contribution in [0.2, 0.25) is 0 Å². The van der Waals surface area contributed by atoms with Crippen LogP contribution in [0.15, 0.2) is 48.5 Å². The largest absolute Gasteiger partial charge is 0.494 e. The van der Waals surface area contributed by atoms with Crippen molar-refractivity contribution in [1.82, 2.24) is 5.32 Å². The van der Waals surface area contributed by atoms with Crippen molar-refractivity contribution < 1.29 is 22.7 Å². The number of rotatable bonds is 12. The second-order valence-corrected chi connectivity index (χ2v) is 8.57. The van der Waals surface area contributed by atoms with Crippen LogP contribution in [0.4, 0.5) is 5.69 Å². The third-order valence-corrected chi connectivity index (χ3v) is 5.47. The molecule has 0 radical (unpaired) electrons. The first-order valence-electron chi connectivity index (χ1n) is 10.0. The number of anilines is 1. The first-order valence-corrected chi connectivity index (χ1v) is 11.9. The Morgan fingerprint density at radius 2 is 1.57 bits per heavy atom. The zero-order valence-electron chi connectivity index (χ0n) is 17.8. The second-order valence-electron chi connectivity index (χ2n) is 6.66. The van der Waals surface area contributed by atoms with Gasteiger partial charge >= 0.3 is 0 Å². The zero-order valence-corrected chi connectivity index (χ0v) is 18.6. The standard InChI is InChI=1S/C22H30N2O5S/c1-4-28-20-14-8-6-11-18(20)12-10-16-23-22(25)17-24(30(3,26)27)19-13-7-9-15-21(19)29-5-2/h6-9,11,13-15H,4-5,10,12,16-17H2,1-3H3,(H,23,25). The number of para-hydroxylation sites is 3. The molecule has 0 fully saturated rings. The molecule has 0 atom stereocenters. The van der Waals surface area contributed by atoms with E-state index in [1.807, 2.05) is 38.1 Å². The van der Waals surface area contributed by atoms with Gasteiger partial charge in [-0.2, -0.15) is 0 Å². The summed E-state index contributed by atoms with van der Waals surface area (Å²) in [6.45, 7) is 4.87. The fraction of sp³-hybridized carbons (Fsp3) is 0.409. The van der Waals surface area contributed by atoms with Crippen LogP contribution in [0, 0.1) is 0 Å². The fourth-order valence-electron chi connectivity index (χ4n) is 3.02. The van der Waals surface area contributed by atoms with Crippen LogP contribution in [-0.4, -0.2) is 46.9 Å². The van der Waals surface area contributed by atoms with Crippen LogP contribution in [0.5, 0.6) is 11.5 Å². The predicted octanol–water partition coefficient (Wildman–Crippen LogP) is 3.00. The maximum atomic E-state index is 12.4. The second kappa shape index (κ2) is 11.4. The molecule has 0 bridgehead atoms. The molecule has 164 valence electrons. The van der Waals surface area contributed by atoms with E-state index in [9.17, 15) is 13.2 Å². The smallest absolute Gasteiger partial charge is 0.240 e. The van der Waals surface area contributed by atoms with Crippen molar-refractivity contribution in [1.29, 1.82) is 0 Å². The predicted molar refractivity (Wildman–Crippen MR) is 119 cm³/mol. The van der Waals surface area contributed by atoms with Gasteiger partial charge in [0.1, 0.15) is 18.0 Å². The summed E-state index contributed by atoms with van der Waals surface area (Å²) in [5, 5.41) is 2.80. The Labute approximate surface area is 179 Å². The average Bonchev–Trinajstić information content (AvgIpc) is 2.71. The van der Waals surface area contributed by atoms with E-state index in [1.54, 1.807) is 24.3 Å². The molecule has 30 heavy (non-hydrogen) atoms. The van der Waals surface area contributed by atoms with Gasteiger partial charge in [-0.05, 0) is 50.5 Å². The van der Waals surface area contributed by atoms with E-state index in [1.165, 1.54) is 0 Å². The number of ether oxygens (including phenoxy) is 2. The Bertz CT molecular complexity index is 931.